The summed E-state index contributed by atoms with van der Waals surface area (Å²) in [4.78, 5) is 16.2. The number of anilines is 2. The van der Waals surface area contributed by atoms with Crippen LogP contribution in [0.15, 0.2) is 60.7 Å². The maximum atomic E-state index is 13.8. The van der Waals surface area contributed by atoms with Crippen molar-refractivity contribution in [2.75, 3.05) is 30.4 Å². The van der Waals surface area contributed by atoms with Gasteiger partial charge in [-0.3, -0.25) is 9.80 Å². The lowest BCUT2D eigenvalue weighted by atomic mass is 9.72. The van der Waals surface area contributed by atoms with Gasteiger partial charge in [-0.25, -0.2) is 9.18 Å². The highest BCUT2D eigenvalue weighted by molar-refractivity contribution is 6.31. The van der Waals surface area contributed by atoms with E-state index in [0.29, 0.717) is 17.7 Å². The Labute approximate surface area is 208 Å². The van der Waals surface area contributed by atoms with Crippen molar-refractivity contribution in [2.45, 2.75) is 24.4 Å². The molecule has 0 saturated carbocycles. The number of fused-ring (bicyclic) bond motifs is 2. The Morgan fingerprint density at radius 2 is 2.03 bits per heavy atom. The maximum Gasteiger partial charge on any atom is 0.320 e. The number of urea groups is 1. The highest BCUT2D eigenvalue weighted by atomic mass is 35.5. The van der Waals surface area contributed by atoms with Crippen LogP contribution < -0.4 is 16.0 Å². The summed E-state index contributed by atoms with van der Waals surface area (Å²) in [6, 6.07) is 19.7. The summed E-state index contributed by atoms with van der Waals surface area (Å²) < 4.78 is 13.8. The minimum absolute atomic E-state index is 0.0530. The van der Waals surface area contributed by atoms with E-state index in [0.717, 1.165) is 36.3 Å². The number of carbonyl (C=O) groups is 1. The molecule has 35 heavy (non-hydrogen) atoms. The standard InChI is InChI=1S/C27H25ClFN5O/c1-33-10-9-27(14-25(33)34(26(31)35)20-6-8-23(29)22(28)13-20)16-32-24-12-19(5-7-21(24)27)18-4-2-3-17(11-18)15-30/h2-8,11-13,25,32H,9-10,14,16H2,1H3,(H2,31,35). The lowest BCUT2D eigenvalue weighted by Crippen LogP contribution is -2.58. The van der Waals surface area contributed by atoms with E-state index in [4.69, 9.17) is 17.3 Å². The topological polar surface area (TPSA) is 85.4 Å². The Morgan fingerprint density at radius 1 is 1.23 bits per heavy atom. The molecule has 2 atom stereocenters. The Morgan fingerprint density at radius 3 is 2.77 bits per heavy atom. The van der Waals surface area contributed by atoms with Crippen LogP contribution in [0.5, 0.6) is 0 Å². The molecule has 1 fully saturated rings. The molecule has 1 spiro atoms. The second kappa shape index (κ2) is 8.88. The van der Waals surface area contributed by atoms with E-state index < -0.39 is 11.8 Å². The number of carbonyl (C=O) groups excluding carboxylic acids is 1. The van der Waals surface area contributed by atoms with Crippen molar-refractivity contribution in [1.82, 2.24) is 4.90 Å². The third-order valence-corrected chi connectivity index (χ3v) is 7.56. The summed E-state index contributed by atoms with van der Waals surface area (Å²) in [5.41, 5.74) is 11.0. The average molecular weight is 490 g/mol. The molecular weight excluding hydrogens is 465 g/mol. The van der Waals surface area contributed by atoms with Gasteiger partial charge in [0.1, 0.15) is 5.82 Å². The summed E-state index contributed by atoms with van der Waals surface area (Å²) in [5.74, 6) is -0.543. The minimum Gasteiger partial charge on any atom is -0.384 e. The number of nitriles is 1. The van der Waals surface area contributed by atoms with E-state index in [9.17, 15) is 14.4 Å². The number of amides is 2. The second-order valence-corrected chi connectivity index (χ2v) is 9.72. The number of nitrogens with two attached hydrogens (primary N) is 1. The molecular formula is C27H25ClFN5O. The van der Waals surface area contributed by atoms with Gasteiger partial charge in [-0.15, -0.1) is 0 Å². The van der Waals surface area contributed by atoms with Crippen LogP contribution in [0, 0.1) is 17.1 Å². The third-order valence-electron chi connectivity index (χ3n) is 7.28. The van der Waals surface area contributed by atoms with Crippen LogP contribution in [0.3, 0.4) is 0 Å². The average Bonchev–Trinajstić information content (AvgIpc) is 3.21. The first-order valence-electron chi connectivity index (χ1n) is 11.4. The fourth-order valence-electron chi connectivity index (χ4n) is 5.38. The largest absolute Gasteiger partial charge is 0.384 e. The molecule has 0 aromatic heterocycles. The number of benzene rings is 3. The summed E-state index contributed by atoms with van der Waals surface area (Å²) in [6.07, 6.45) is 1.26. The molecule has 3 N–H and O–H groups in total. The number of nitrogens with zero attached hydrogens (tertiary/aromatic N) is 3. The number of hydrogen-bond acceptors (Lipinski definition) is 4. The van der Waals surface area contributed by atoms with Crippen LogP contribution in [0.1, 0.15) is 24.0 Å². The Bertz CT molecular complexity index is 1360. The Hall–Kier alpha value is -3.60. The van der Waals surface area contributed by atoms with Gasteiger partial charge in [0.2, 0.25) is 0 Å². The molecule has 3 aromatic carbocycles. The van der Waals surface area contributed by atoms with Gasteiger partial charge in [-0.05, 0) is 73.0 Å². The highest BCUT2D eigenvalue weighted by Crippen LogP contribution is 2.47. The molecule has 178 valence electrons. The maximum absolute atomic E-state index is 13.8. The van der Waals surface area contributed by atoms with Gasteiger partial charge in [0, 0.05) is 29.9 Å². The van der Waals surface area contributed by atoms with Crippen LogP contribution in [-0.4, -0.2) is 37.2 Å². The lowest BCUT2D eigenvalue weighted by Gasteiger charge is -2.47. The molecule has 1 saturated heterocycles. The van der Waals surface area contributed by atoms with Crippen molar-refractivity contribution >= 4 is 29.0 Å². The predicted molar refractivity (Wildman–Crippen MR) is 136 cm³/mol. The van der Waals surface area contributed by atoms with E-state index in [1.165, 1.54) is 28.7 Å². The second-order valence-electron chi connectivity index (χ2n) is 9.31. The number of likely N-dealkylation sites (tertiary alicyclic amines) is 1. The normalized spacial score (nSPS) is 21.3. The van der Waals surface area contributed by atoms with Crippen LogP contribution in [0.25, 0.3) is 11.1 Å². The predicted octanol–water partition coefficient (Wildman–Crippen LogP) is 5.32. The molecule has 2 aliphatic rings. The summed E-state index contributed by atoms with van der Waals surface area (Å²) >= 11 is 6.01. The van der Waals surface area contributed by atoms with Crippen molar-refractivity contribution < 1.29 is 9.18 Å². The van der Waals surface area contributed by atoms with Crippen molar-refractivity contribution in [3.8, 4) is 17.2 Å². The summed E-state index contributed by atoms with van der Waals surface area (Å²) in [7, 11) is 1.97. The monoisotopic (exact) mass is 489 g/mol. The fraction of sp³-hybridized carbons (Fsp3) is 0.259. The van der Waals surface area contributed by atoms with Gasteiger partial charge < -0.3 is 11.1 Å². The Kier molecular flexibility index (Phi) is 5.87. The smallest absolute Gasteiger partial charge is 0.320 e. The van der Waals surface area contributed by atoms with Crippen LogP contribution in [0.2, 0.25) is 5.02 Å². The van der Waals surface area contributed by atoms with E-state index in [2.05, 4.69) is 34.5 Å². The molecule has 0 bridgehead atoms. The molecule has 3 aromatic rings. The third kappa shape index (κ3) is 4.09. The van der Waals surface area contributed by atoms with E-state index in [-0.39, 0.29) is 16.6 Å². The number of primary amides is 1. The van der Waals surface area contributed by atoms with Crippen LogP contribution >= 0.6 is 11.6 Å². The zero-order valence-corrected chi connectivity index (χ0v) is 20.0. The molecule has 0 aliphatic carbocycles. The SMILES string of the molecule is CN1CCC2(CNc3cc(-c4cccc(C#N)c4)ccc32)CC1N(C(N)=O)c1ccc(F)c(Cl)c1. The zero-order chi connectivity index (χ0) is 24.7. The number of hydrogen-bond donors (Lipinski definition) is 2. The zero-order valence-electron chi connectivity index (χ0n) is 19.3. The van der Waals surface area contributed by atoms with Crippen LogP contribution in [0.4, 0.5) is 20.6 Å². The van der Waals surface area contributed by atoms with Crippen molar-refractivity contribution in [3.63, 3.8) is 0 Å². The molecule has 2 amide bonds. The van der Waals surface area contributed by atoms with E-state index in [1.807, 2.05) is 25.2 Å². The number of nitrogens with one attached hydrogen (secondary N) is 1. The van der Waals surface area contributed by atoms with Gasteiger partial charge in [0.15, 0.2) is 0 Å². The van der Waals surface area contributed by atoms with Gasteiger partial charge in [0.25, 0.3) is 0 Å². The molecule has 6 nitrogen and oxygen atoms in total. The summed E-state index contributed by atoms with van der Waals surface area (Å²) in [6.45, 7) is 1.50. The van der Waals surface area contributed by atoms with Crippen molar-refractivity contribution in [2.24, 2.45) is 5.73 Å². The number of rotatable bonds is 3. The lowest BCUT2D eigenvalue weighted by molar-refractivity contribution is 0.126. The minimum atomic E-state index is -0.611. The van der Waals surface area contributed by atoms with Gasteiger partial charge in [0.05, 0.1) is 22.8 Å². The van der Waals surface area contributed by atoms with Crippen LogP contribution in [-0.2, 0) is 5.41 Å². The van der Waals surface area contributed by atoms with Gasteiger partial charge in [-0.1, -0.05) is 35.9 Å². The molecule has 2 unspecified atom stereocenters. The van der Waals surface area contributed by atoms with Gasteiger partial charge in [-0.2, -0.15) is 5.26 Å². The quantitative estimate of drug-likeness (QED) is 0.521. The van der Waals surface area contributed by atoms with E-state index in [1.54, 1.807) is 6.07 Å². The number of piperidine rings is 1. The Balaban J connectivity index is 1.49. The van der Waals surface area contributed by atoms with E-state index >= 15 is 0 Å². The molecule has 0 radical (unpaired) electrons. The molecule has 8 heteroatoms. The first-order chi connectivity index (χ1) is 16.8. The summed E-state index contributed by atoms with van der Waals surface area (Å²) in [5, 5.41) is 12.8. The fourth-order valence-corrected chi connectivity index (χ4v) is 5.56. The first-order valence-corrected chi connectivity index (χ1v) is 11.8. The van der Waals surface area contributed by atoms with Crippen molar-refractivity contribution in [3.05, 3.63) is 82.6 Å². The van der Waals surface area contributed by atoms with Gasteiger partial charge >= 0.3 is 6.03 Å². The molecule has 5 rings (SSSR count). The van der Waals surface area contributed by atoms with Crippen molar-refractivity contribution in [1.29, 1.82) is 5.26 Å². The highest BCUT2D eigenvalue weighted by Gasteiger charge is 2.46. The molecule has 2 heterocycles. The first kappa shape index (κ1) is 23.2. The number of halogens is 2. The molecule has 2 aliphatic heterocycles.